The molecule has 1 atom stereocenters. The smallest absolute Gasteiger partial charge is 0.144 e. The van der Waals surface area contributed by atoms with Crippen molar-refractivity contribution >= 4 is 14.8 Å². The van der Waals surface area contributed by atoms with Crippen molar-refractivity contribution in [2.75, 3.05) is 0 Å². The zero-order chi connectivity index (χ0) is 9.97. The number of hydrogen-bond donors (Lipinski definition) is 0. The third kappa shape index (κ3) is 1.97. The predicted molar refractivity (Wildman–Crippen MR) is 61.5 cm³/mol. The summed E-state index contributed by atoms with van der Waals surface area (Å²) in [4.78, 5) is 8.36. The Kier molecular flexibility index (Phi) is 2.55. The van der Waals surface area contributed by atoms with Gasteiger partial charge >= 0.3 is 0 Å². The molecule has 2 nitrogen and oxygen atoms in total. The van der Waals surface area contributed by atoms with Gasteiger partial charge in [0.15, 0.2) is 0 Å². The van der Waals surface area contributed by atoms with E-state index in [1.807, 2.05) is 6.07 Å². The zero-order valence-corrected chi connectivity index (χ0v) is 9.09. The number of rotatable bonds is 1. The Labute approximate surface area is 85.6 Å². The molecule has 0 aliphatic heterocycles. The van der Waals surface area contributed by atoms with Crippen LogP contribution in [0.5, 0.6) is 0 Å². The second kappa shape index (κ2) is 3.85. The number of nitrogens with zero attached hydrogens (tertiary/aromatic N) is 2. The van der Waals surface area contributed by atoms with E-state index in [2.05, 4.69) is 50.4 Å². The van der Waals surface area contributed by atoms with Gasteiger partial charge in [-0.2, -0.15) is 0 Å². The summed E-state index contributed by atoms with van der Waals surface area (Å²) < 4.78 is 0. The molecule has 1 aromatic carbocycles. The highest BCUT2D eigenvalue weighted by molar-refractivity contribution is 7.26. The zero-order valence-electron chi connectivity index (χ0n) is 7.94. The number of aryl methyl sites for hydroxylation is 1. The number of hydrogen-bond acceptors (Lipinski definition) is 2. The lowest BCUT2D eigenvalue weighted by Gasteiger charge is -2.01. The molecule has 0 radical (unpaired) electrons. The molecule has 14 heavy (non-hydrogen) atoms. The maximum Gasteiger partial charge on any atom is 0.144 e. The number of benzene rings is 1. The Morgan fingerprint density at radius 3 is 2.43 bits per heavy atom. The van der Waals surface area contributed by atoms with Crippen molar-refractivity contribution in [2.45, 2.75) is 6.92 Å². The van der Waals surface area contributed by atoms with Crippen LogP contribution >= 0.6 is 9.24 Å². The largest absolute Gasteiger partial charge is 0.237 e. The van der Waals surface area contributed by atoms with E-state index >= 15 is 0 Å². The first-order chi connectivity index (χ1) is 6.75. The van der Waals surface area contributed by atoms with Gasteiger partial charge in [0.25, 0.3) is 0 Å². The van der Waals surface area contributed by atoms with E-state index in [0.717, 1.165) is 16.8 Å². The summed E-state index contributed by atoms with van der Waals surface area (Å²) in [6.45, 7) is 2.07. The van der Waals surface area contributed by atoms with Crippen LogP contribution in [0.4, 0.5) is 0 Å². The van der Waals surface area contributed by atoms with Crippen molar-refractivity contribution in [3.05, 3.63) is 42.1 Å². The van der Waals surface area contributed by atoms with Gasteiger partial charge in [-0.1, -0.05) is 39.1 Å². The van der Waals surface area contributed by atoms with E-state index in [-0.39, 0.29) is 0 Å². The average molecular weight is 202 g/mol. The summed E-state index contributed by atoms with van der Waals surface area (Å²) in [6.07, 6.45) is 1.77. The monoisotopic (exact) mass is 202 g/mol. The summed E-state index contributed by atoms with van der Waals surface area (Å²) in [7, 11) is 2.50. The molecule has 0 bridgehead atoms. The third-order valence-electron chi connectivity index (χ3n) is 2.02. The van der Waals surface area contributed by atoms with Crippen LogP contribution < -0.4 is 5.57 Å². The van der Waals surface area contributed by atoms with Crippen LogP contribution in [0.2, 0.25) is 0 Å². The van der Waals surface area contributed by atoms with Gasteiger partial charge in [-0.25, -0.2) is 9.97 Å². The topological polar surface area (TPSA) is 25.8 Å². The Morgan fingerprint density at radius 2 is 1.79 bits per heavy atom. The van der Waals surface area contributed by atoms with E-state index in [9.17, 15) is 0 Å². The molecular formula is C11H11N2P. The van der Waals surface area contributed by atoms with E-state index in [1.54, 1.807) is 6.20 Å². The summed E-state index contributed by atoms with van der Waals surface area (Å²) in [5.74, 6) is 0. The molecule has 0 amide bonds. The minimum atomic E-state index is 0.725. The first-order valence-corrected chi connectivity index (χ1v) is 4.99. The summed E-state index contributed by atoms with van der Waals surface area (Å²) >= 11 is 0. The van der Waals surface area contributed by atoms with Crippen molar-refractivity contribution in [1.82, 2.24) is 9.97 Å². The van der Waals surface area contributed by atoms with E-state index < -0.39 is 0 Å². The molecule has 0 N–H and O–H groups in total. The highest BCUT2D eigenvalue weighted by Gasteiger charge is 1.98. The average Bonchev–Trinajstić information content (AvgIpc) is 2.19. The standard InChI is InChI=1S/C11H11N2P/c1-8-2-4-9(5-3-8)10-6-7-12-11(14)13-10/h2-7H,14H2,1H3. The van der Waals surface area contributed by atoms with Gasteiger partial charge in [-0.05, 0) is 13.0 Å². The second-order valence-corrected chi connectivity index (χ2v) is 3.68. The minimum absolute atomic E-state index is 0.725. The Bertz CT molecular complexity index is 437. The van der Waals surface area contributed by atoms with Crippen molar-refractivity contribution in [1.29, 1.82) is 0 Å². The Balaban J connectivity index is 2.44. The van der Waals surface area contributed by atoms with Gasteiger partial charge in [0.1, 0.15) is 5.57 Å². The molecule has 0 aliphatic rings. The lowest BCUT2D eigenvalue weighted by Crippen LogP contribution is -2.03. The quantitative estimate of drug-likeness (QED) is 0.660. The van der Waals surface area contributed by atoms with Gasteiger partial charge in [-0.15, -0.1) is 0 Å². The Hall–Kier alpha value is -1.27. The van der Waals surface area contributed by atoms with Crippen molar-refractivity contribution in [3.8, 4) is 11.3 Å². The SMILES string of the molecule is Cc1ccc(-c2ccnc(P)n2)cc1. The maximum atomic E-state index is 4.32. The fraction of sp³-hybridized carbons (Fsp3) is 0.0909. The molecule has 2 aromatic rings. The molecule has 1 aromatic heterocycles. The lowest BCUT2D eigenvalue weighted by molar-refractivity contribution is 1.24. The van der Waals surface area contributed by atoms with Crippen LogP contribution in [0, 0.1) is 6.92 Å². The molecule has 70 valence electrons. The molecule has 1 unspecified atom stereocenters. The molecule has 0 saturated heterocycles. The normalized spacial score (nSPS) is 10.1. The molecule has 3 heteroatoms. The van der Waals surface area contributed by atoms with Crippen LogP contribution in [-0.4, -0.2) is 9.97 Å². The first kappa shape index (κ1) is 9.29. The fourth-order valence-corrected chi connectivity index (χ4v) is 1.48. The van der Waals surface area contributed by atoms with Crippen LogP contribution in [0.1, 0.15) is 5.56 Å². The van der Waals surface area contributed by atoms with Crippen molar-refractivity contribution in [3.63, 3.8) is 0 Å². The van der Waals surface area contributed by atoms with Gasteiger partial charge in [-0.3, -0.25) is 0 Å². The molecule has 0 spiro atoms. The van der Waals surface area contributed by atoms with Gasteiger partial charge < -0.3 is 0 Å². The van der Waals surface area contributed by atoms with E-state index in [1.165, 1.54) is 5.56 Å². The summed E-state index contributed by atoms with van der Waals surface area (Å²) in [6, 6.07) is 10.2. The fourth-order valence-electron chi connectivity index (χ4n) is 1.26. The third-order valence-corrected chi connectivity index (χ3v) is 2.30. The molecule has 2 rings (SSSR count). The van der Waals surface area contributed by atoms with Crippen LogP contribution in [0.15, 0.2) is 36.5 Å². The predicted octanol–water partition coefficient (Wildman–Crippen LogP) is 1.95. The molecular weight excluding hydrogens is 191 g/mol. The highest BCUT2D eigenvalue weighted by atomic mass is 31.0. The highest BCUT2D eigenvalue weighted by Crippen LogP contribution is 2.15. The maximum absolute atomic E-state index is 4.32. The Morgan fingerprint density at radius 1 is 1.07 bits per heavy atom. The van der Waals surface area contributed by atoms with Gasteiger partial charge in [0.05, 0.1) is 5.69 Å². The number of aromatic nitrogens is 2. The molecule has 1 heterocycles. The summed E-state index contributed by atoms with van der Waals surface area (Å²) in [5.41, 5.74) is 4.07. The van der Waals surface area contributed by atoms with Gasteiger partial charge in [0.2, 0.25) is 0 Å². The second-order valence-electron chi connectivity index (χ2n) is 3.17. The van der Waals surface area contributed by atoms with Crippen LogP contribution in [-0.2, 0) is 0 Å². The van der Waals surface area contributed by atoms with Crippen LogP contribution in [0.25, 0.3) is 11.3 Å². The molecule has 0 aliphatic carbocycles. The first-order valence-electron chi connectivity index (χ1n) is 4.41. The van der Waals surface area contributed by atoms with E-state index in [0.29, 0.717) is 0 Å². The molecule has 0 fully saturated rings. The van der Waals surface area contributed by atoms with Crippen LogP contribution in [0.3, 0.4) is 0 Å². The van der Waals surface area contributed by atoms with Crippen molar-refractivity contribution < 1.29 is 0 Å². The lowest BCUT2D eigenvalue weighted by atomic mass is 10.1. The van der Waals surface area contributed by atoms with E-state index in [4.69, 9.17) is 0 Å². The molecule has 0 saturated carbocycles. The summed E-state index contributed by atoms with van der Waals surface area (Å²) in [5, 5.41) is 0. The van der Waals surface area contributed by atoms with Crippen molar-refractivity contribution in [2.24, 2.45) is 0 Å². The minimum Gasteiger partial charge on any atom is -0.237 e. The van der Waals surface area contributed by atoms with Gasteiger partial charge in [0, 0.05) is 11.8 Å².